The minimum absolute atomic E-state index is 0.360. The Morgan fingerprint density at radius 1 is 1.46 bits per heavy atom. The van der Waals surface area contributed by atoms with E-state index >= 15 is 0 Å². The highest BCUT2D eigenvalue weighted by Crippen LogP contribution is 2.27. The van der Waals surface area contributed by atoms with E-state index < -0.39 is 0 Å². The van der Waals surface area contributed by atoms with Crippen LogP contribution in [0, 0.1) is 0 Å². The van der Waals surface area contributed by atoms with E-state index in [1.807, 2.05) is 18.4 Å². The first-order chi connectivity index (χ1) is 12.6. The number of thioether (sulfide) groups is 1. The lowest BCUT2D eigenvalue weighted by Crippen LogP contribution is -2.09. The van der Waals surface area contributed by atoms with Gasteiger partial charge in [0.05, 0.1) is 19.0 Å². The van der Waals surface area contributed by atoms with E-state index in [0.29, 0.717) is 29.0 Å². The molecule has 0 atom stereocenters. The van der Waals surface area contributed by atoms with Crippen LogP contribution in [0.15, 0.2) is 46.2 Å². The monoisotopic (exact) mass is 392 g/mol. The van der Waals surface area contributed by atoms with Gasteiger partial charge in [0.25, 0.3) is 0 Å². The molecular weight excluding hydrogens is 372 g/mol. The maximum absolute atomic E-state index is 6.21. The Morgan fingerprint density at radius 2 is 2.27 bits per heavy atom. The normalized spacial score (nSPS) is 11.6. The smallest absolute Gasteiger partial charge is 0.229 e. The summed E-state index contributed by atoms with van der Waals surface area (Å²) in [7, 11) is 3.30. The average molecular weight is 393 g/mol. The molecule has 0 radical (unpaired) electrons. The number of aliphatic imine (C=N–C) groups is 1. The van der Waals surface area contributed by atoms with Gasteiger partial charge in [0.15, 0.2) is 5.82 Å². The fraction of sp³-hybridized carbons (Fsp3) is 0.235. The van der Waals surface area contributed by atoms with Gasteiger partial charge in [-0.05, 0) is 24.5 Å². The van der Waals surface area contributed by atoms with Crippen LogP contribution in [0.1, 0.15) is 5.56 Å². The van der Waals surface area contributed by atoms with Crippen LogP contribution in [0.4, 0.5) is 11.8 Å². The highest BCUT2D eigenvalue weighted by atomic mass is 35.5. The van der Waals surface area contributed by atoms with Crippen molar-refractivity contribution in [3.63, 3.8) is 0 Å². The predicted molar refractivity (Wildman–Crippen MR) is 109 cm³/mol. The molecule has 9 heteroatoms. The van der Waals surface area contributed by atoms with Crippen molar-refractivity contribution in [3.8, 4) is 5.75 Å². The zero-order chi connectivity index (χ0) is 18.9. The molecule has 2 rings (SSSR count). The van der Waals surface area contributed by atoms with Crippen LogP contribution in [0.25, 0.3) is 0 Å². The van der Waals surface area contributed by atoms with Gasteiger partial charge in [-0.2, -0.15) is 4.98 Å². The molecule has 0 bridgehead atoms. The number of nitrogens with two attached hydrogens (primary N) is 1. The SMILES string of the molecule is CN=CC(=CN)Nc1ncc(Cl)c(NCc2cc(SC)ccc2OC)n1. The second-order valence-corrected chi connectivity index (χ2v) is 6.34. The van der Waals surface area contributed by atoms with E-state index in [0.717, 1.165) is 16.2 Å². The summed E-state index contributed by atoms with van der Waals surface area (Å²) in [6, 6.07) is 6.03. The second-order valence-electron chi connectivity index (χ2n) is 5.06. The van der Waals surface area contributed by atoms with Crippen LogP contribution in [-0.2, 0) is 6.54 Å². The van der Waals surface area contributed by atoms with Crippen molar-refractivity contribution in [2.45, 2.75) is 11.4 Å². The van der Waals surface area contributed by atoms with Crippen LogP contribution in [0.3, 0.4) is 0 Å². The number of hydrogen-bond donors (Lipinski definition) is 3. The molecule has 0 fully saturated rings. The zero-order valence-corrected chi connectivity index (χ0v) is 16.4. The molecule has 1 aromatic heterocycles. The Labute approximate surface area is 162 Å². The van der Waals surface area contributed by atoms with Crippen LogP contribution in [0.5, 0.6) is 5.75 Å². The van der Waals surface area contributed by atoms with Crippen LogP contribution in [-0.4, -0.2) is 36.6 Å². The first-order valence-electron chi connectivity index (χ1n) is 7.69. The van der Waals surface area contributed by atoms with Crippen molar-refractivity contribution < 1.29 is 4.74 Å². The first-order valence-corrected chi connectivity index (χ1v) is 9.30. The minimum atomic E-state index is 0.360. The van der Waals surface area contributed by atoms with Gasteiger partial charge in [-0.3, -0.25) is 4.99 Å². The number of rotatable bonds is 8. The molecule has 1 heterocycles. The summed E-state index contributed by atoms with van der Waals surface area (Å²) in [5.74, 6) is 1.66. The quantitative estimate of drug-likeness (QED) is 0.468. The van der Waals surface area contributed by atoms with Crippen LogP contribution >= 0.6 is 23.4 Å². The van der Waals surface area contributed by atoms with E-state index in [4.69, 9.17) is 22.1 Å². The fourth-order valence-corrected chi connectivity index (χ4v) is 2.76. The summed E-state index contributed by atoms with van der Waals surface area (Å²) < 4.78 is 5.42. The third-order valence-electron chi connectivity index (χ3n) is 3.38. The number of allylic oxidation sites excluding steroid dienone is 1. The molecule has 2 aromatic rings. The Morgan fingerprint density at radius 3 is 2.92 bits per heavy atom. The molecular formula is C17H21ClN6OS. The van der Waals surface area contributed by atoms with Crippen molar-refractivity contribution >= 4 is 41.3 Å². The lowest BCUT2D eigenvalue weighted by molar-refractivity contribution is 0.410. The van der Waals surface area contributed by atoms with Gasteiger partial charge in [0, 0.05) is 36.5 Å². The Hall–Kier alpha value is -2.45. The number of hydrogen-bond acceptors (Lipinski definition) is 8. The summed E-state index contributed by atoms with van der Waals surface area (Å²) in [5.41, 5.74) is 7.12. The molecule has 138 valence electrons. The molecule has 7 nitrogen and oxygen atoms in total. The zero-order valence-electron chi connectivity index (χ0n) is 14.8. The number of methoxy groups -OCH3 is 1. The molecule has 0 aliphatic rings. The van der Waals surface area contributed by atoms with Crippen molar-refractivity contribution in [2.24, 2.45) is 10.7 Å². The molecule has 0 amide bonds. The number of aromatic nitrogens is 2. The largest absolute Gasteiger partial charge is 0.496 e. The first kappa shape index (κ1) is 19.9. The Balaban J connectivity index is 2.18. The van der Waals surface area contributed by atoms with Gasteiger partial charge in [0.2, 0.25) is 5.95 Å². The molecule has 0 saturated carbocycles. The molecule has 0 spiro atoms. The minimum Gasteiger partial charge on any atom is -0.496 e. The number of halogens is 1. The van der Waals surface area contributed by atoms with Crippen molar-refractivity contribution in [3.05, 3.63) is 46.9 Å². The van der Waals surface area contributed by atoms with Crippen molar-refractivity contribution in [2.75, 3.05) is 31.0 Å². The third-order valence-corrected chi connectivity index (χ3v) is 4.38. The molecule has 26 heavy (non-hydrogen) atoms. The van der Waals surface area contributed by atoms with Gasteiger partial charge in [-0.1, -0.05) is 11.6 Å². The molecule has 0 aliphatic heterocycles. The predicted octanol–water partition coefficient (Wildman–Crippen LogP) is 3.39. The summed E-state index contributed by atoms with van der Waals surface area (Å²) in [4.78, 5) is 13.6. The molecule has 0 aliphatic carbocycles. The topological polar surface area (TPSA) is 97.5 Å². The Kier molecular flexibility index (Phi) is 7.55. The fourth-order valence-electron chi connectivity index (χ4n) is 2.14. The molecule has 1 aromatic carbocycles. The second kappa shape index (κ2) is 9.88. The lowest BCUT2D eigenvalue weighted by Gasteiger charge is -2.13. The maximum Gasteiger partial charge on any atom is 0.229 e. The van der Waals surface area contributed by atoms with E-state index in [2.05, 4.69) is 31.7 Å². The van der Waals surface area contributed by atoms with Gasteiger partial charge in [-0.25, -0.2) is 4.98 Å². The summed E-state index contributed by atoms with van der Waals surface area (Å²) in [6.07, 6.45) is 6.51. The standard InChI is InChI=1S/C17H21ClN6OS/c1-20-9-12(7-19)23-17-22-10-14(18)16(24-17)21-8-11-6-13(26-3)4-5-15(11)25-2/h4-7,9-10H,8,19H2,1-3H3,(H2,21,22,23,24). The number of benzene rings is 1. The molecule has 4 N–H and O–H groups in total. The van der Waals surface area contributed by atoms with Gasteiger partial charge >= 0.3 is 0 Å². The highest BCUT2D eigenvalue weighted by molar-refractivity contribution is 7.98. The average Bonchev–Trinajstić information content (AvgIpc) is 2.67. The lowest BCUT2D eigenvalue weighted by atomic mass is 10.2. The van der Waals surface area contributed by atoms with Crippen LogP contribution < -0.4 is 21.1 Å². The van der Waals surface area contributed by atoms with Crippen LogP contribution in [0.2, 0.25) is 5.02 Å². The number of ether oxygens (including phenoxy) is 1. The van der Waals surface area contributed by atoms with E-state index in [-0.39, 0.29) is 0 Å². The molecule has 0 unspecified atom stereocenters. The number of nitrogens with one attached hydrogen (secondary N) is 2. The number of anilines is 2. The van der Waals surface area contributed by atoms with Gasteiger partial charge in [0.1, 0.15) is 10.8 Å². The summed E-state index contributed by atoms with van der Waals surface area (Å²) in [5, 5.41) is 6.61. The van der Waals surface area contributed by atoms with Crippen molar-refractivity contribution in [1.29, 1.82) is 0 Å². The summed E-state index contributed by atoms with van der Waals surface area (Å²) >= 11 is 7.88. The Bertz CT molecular complexity index is 812. The third kappa shape index (κ3) is 5.27. The van der Waals surface area contributed by atoms with E-state index in [1.54, 1.807) is 32.1 Å². The summed E-state index contributed by atoms with van der Waals surface area (Å²) in [6.45, 7) is 0.504. The highest BCUT2D eigenvalue weighted by Gasteiger charge is 2.09. The van der Waals surface area contributed by atoms with E-state index in [9.17, 15) is 0 Å². The number of nitrogens with zero attached hydrogens (tertiary/aromatic N) is 3. The maximum atomic E-state index is 6.21. The van der Waals surface area contributed by atoms with E-state index in [1.165, 1.54) is 12.4 Å². The molecule has 0 saturated heterocycles. The van der Waals surface area contributed by atoms with Gasteiger partial charge in [-0.15, -0.1) is 11.8 Å². The van der Waals surface area contributed by atoms with Gasteiger partial charge < -0.3 is 21.1 Å². The van der Waals surface area contributed by atoms with Crippen molar-refractivity contribution in [1.82, 2.24) is 9.97 Å².